The molecule has 0 unspecified atom stereocenters. The Hall–Kier alpha value is -0.650. The zero-order chi connectivity index (χ0) is 15.2. The Labute approximate surface area is 131 Å². The number of nitrogens with zero attached hydrogens (tertiary/aromatic N) is 1. The molecule has 0 spiro atoms. The van der Waals surface area contributed by atoms with E-state index in [-0.39, 0.29) is 18.8 Å². The minimum absolute atomic E-state index is 0.0798. The van der Waals surface area contributed by atoms with Gasteiger partial charge >= 0.3 is 0 Å². The second-order valence-electron chi connectivity index (χ2n) is 5.74. The van der Waals surface area contributed by atoms with Gasteiger partial charge in [0.2, 0.25) is 0 Å². The normalized spacial score (nSPS) is 23.0. The Bertz CT molecular complexity index is 426. The maximum atomic E-state index is 10.1. The van der Waals surface area contributed by atoms with Gasteiger partial charge < -0.3 is 14.9 Å². The molecule has 3 atom stereocenters. The number of hydrogen-bond acceptors (Lipinski definition) is 4. The van der Waals surface area contributed by atoms with Crippen LogP contribution in [0.5, 0.6) is 0 Å². The molecule has 4 nitrogen and oxygen atoms in total. The first-order valence-corrected chi connectivity index (χ1v) is 7.88. The second-order valence-corrected chi connectivity index (χ2v) is 6.17. The van der Waals surface area contributed by atoms with Crippen LogP contribution in [0.15, 0.2) is 24.3 Å². The topological polar surface area (TPSA) is 52.9 Å². The van der Waals surface area contributed by atoms with Crippen molar-refractivity contribution >= 4 is 11.6 Å². The molecular formula is C16H24ClNO3. The number of benzene rings is 1. The van der Waals surface area contributed by atoms with Crippen LogP contribution in [-0.2, 0) is 4.74 Å². The third kappa shape index (κ3) is 5.57. The summed E-state index contributed by atoms with van der Waals surface area (Å²) in [5, 5.41) is 20.4. The van der Waals surface area contributed by atoms with E-state index in [1.165, 1.54) is 0 Å². The molecule has 2 rings (SSSR count). The molecule has 0 radical (unpaired) electrons. The molecule has 21 heavy (non-hydrogen) atoms. The Balaban J connectivity index is 1.72. The van der Waals surface area contributed by atoms with Gasteiger partial charge in [-0.15, -0.1) is 0 Å². The molecule has 1 aliphatic heterocycles. The Kier molecular flexibility index (Phi) is 6.45. The van der Waals surface area contributed by atoms with Crippen molar-refractivity contribution in [1.82, 2.24) is 4.90 Å². The molecule has 2 N–H and O–H groups in total. The molecule has 118 valence electrons. The van der Waals surface area contributed by atoms with Gasteiger partial charge in [0.05, 0.1) is 24.9 Å². The lowest BCUT2D eigenvalue weighted by molar-refractivity contribution is -0.0262. The fraction of sp³-hybridized carbons (Fsp3) is 0.625. The molecule has 0 amide bonds. The molecule has 1 aromatic carbocycles. The molecule has 1 fully saturated rings. The highest BCUT2D eigenvalue weighted by Gasteiger charge is 2.20. The van der Waals surface area contributed by atoms with Crippen LogP contribution in [0.1, 0.15) is 31.4 Å². The zero-order valence-corrected chi connectivity index (χ0v) is 13.2. The highest BCUT2D eigenvalue weighted by Crippen LogP contribution is 2.19. The number of halogens is 1. The smallest absolute Gasteiger partial charge is 0.0900 e. The predicted molar refractivity (Wildman–Crippen MR) is 83.5 cm³/mol. The Morgan fingerprint density at radius 3 is 2.76 bits per heavy atom. The summed E-state index contributed by atoms with van der Waals surface area (Å²) in [6, 6.07) is 7.53. The molecule has 5 heteroatoms. The van der Waals surface area contributed by atoms with Gasteiger partial charge in [-0.25, -0.2) is 0 Å². The van der Waals surface area contributed by atoms with Crippen molar-refractivity contribution < 1.29 is 14.9 Å². The second kappa shape index (κ2) is 8.11. The minimum atomic E-state index is -0.537. The first-order chi connectivity index (χ1) is 10.0. The predicted octanol–water partition coefficient (Wildman–Crippen LogP) is 2.24. The molecule has 1 heterocycles. The highest BCUT2D eigenvalue weighted by atomic mass is 35.5. The maximum Gasteiger partial charge on any atom is 0.0900 e. The average molecular weight is 314 g/mol. The van der Waals surface area contributed by atoms with Gasteiger partial charge in [0.1, 0.15) is 0 Å². The highest BCUT2D eigenvalue weighted by molar-refractivity contribution is 6.30. The Morgan fingerprint density at radius 1 is 1.38 bits per heavy atom. The summed E-state index contributed by atoms with van der Waals surface area (Å²) in [5.74, 6) is 0. The van der Waals surface area contributed by atoms with E-state index in [1.807, 2.05) is 31.2 Å². The third-order valence-electron chi connectivity index (χ3n) is 3.83. The van der Waals surface area contributed by atoms with Crippen molar-refractivity contribution in [2.24, 2.45) is 0 Å². The molecule has 0 saturated carbocycles. The van der Waals surface area contributed by atoms with E-state index in [0.29, 0.717) is 18.1 Å². The molecule has 1 aliphatic rings. The summed E-state index contributed by atoms with van der Waals surface area (Å²) in [6.07, 6.45) is 0.959. The lowest BCUT2D eigenvalue weighted by Crippen LogP contribution is -2.43. The van der Waals surface area contributed by atoms with Crippen LogP contribution < -0.4 is 0 Å². The van der Waals surface area contributed by atoms with Crippen molar-refractivity contribution in [2.75, 3.05) is 26.2 Å². The summed E-state index contributed by atoms with van der Waals surface area (Å²) >= 11 is 5.86. The number of likely N-dealkylation sites (tertiary alicyclic amines) is 1. The van der Waals surface area contributed by atoms with E-state index >= 15 is 0 Å². The van der Waals surface area contributed by atoms with E-state index < -0.39 is 6.10 Å². The number of aliphatic hydroxyl groups excluding tert-OH is 2. The first kappa shape index (κ1) is 16.7. The number of rotatable bonds is 6. The fourth-order valence-corrected chi connectivity index (χ4v) is 2.76. The van der Waals surface area contributed by atoms with Crippen LogP contribution >= 0.6 is 11.6 Å². The van der Waals surface area contributed by atoms with E-state index in [1.54, 1.807) is 0 Å². The van der Waals surface area contributed by atoms with Gasteiger partial charge in [-0.1, -0.05) is 23.7 Å². The van der Waals surface area contributed by atoms with Crippen molar-refractivity contribution in [1.29, 1.82) is 0 Å². The molecular weight excluding hydrogens is 290 g/mol. The van der Waals surface area contributed by atoms with Crippen molar-refractivity contribution in [3.63, 3.8) is 0 Å². The van der Waals surface area contributed by atoms with Crippen LogP contribution in [0.2, 0.25) is 5.02 Å². The van der Waals surface area contributed by atoms with Gasteiger partial charge in [-0.3, -0.25) is 4.90 Å². The SMILES string of the molecule is C[C@H](OC[C@@H](O)CN1CCC[C@H](O)C1)c1ccc(Cl)cc1. The molecule has 0 aromatic heterocycles. The van der Waals surface area contributed by atoms with Gasteiger partial charge in [0, 0.05) is 18.1 Å². The largest absolute Gasteiger partial charge is 0.392 e. The minimum Gasteiger partial charge on any atom is -0.392 e. The van der Waals surface area contributed by atoms with Crippen LogP contribution in [0, 0.1) is 0 Å². The third-order valence-corrected chi connectivity index (χ3v) is 4.08. The van der Waals surface area contributed by atoms with Gasteiger partial charge in [-0.2, -0.15) is 0 Å². The number of piperidine rings is 1. The first-order valence-electron chi connectivity index (χ1n) is 7.50. The number of aliphatic hydroxyl groups is 2. The van der Waals surface area contributed by atoms with E-state index in [9.17, 15) is 10.2 Å². The lowest BCUT2D eigenvalue weighted by Gasteiger charge is -2.31. The molecule has 0 bridgehead atoms. The summed E-state index contributed by atoms with van der Waals surface area (Å²) in [4.78, 5) is 2.09. The van der Waals surface area contributed by atoms with Crippen molar-refractivity contribution in [3.8, 4) is 0 Å². The monoisotopic (exact) mass is 313 g/mol. The number of ether oxygens (including phenoxy) is 1. The van der Waals surface area contributed by atoms with Crippen LogP contribution in [-0.4, -0.2) is 53.6 Å². The summed E-state index contributed by atoms with van der Waals surface area (Å²) in [5.41, 5.74) is 1.04. The van der Waals surface area contributed by atoms with Crippen molar-refractivity contribution in [2.45, 2.75) is 38.1 Å². The van der Waals surface area contributed by atoms with Crippen LogP contribution in [0.25, 0.3) is 0 Å². The molecule has 0 aliphatic carbocycles. The summed E-state index contributed by atoms with van der Waals surface area (Å²) < 4.78 is 5.72. The van der Waals surface area contributed by atoms with Gasteiger partial charge in [0.25, 0.3) is 0 Å². The summed E-state index contributed by atoms with van der Waals surface area (Å²) in [6.45, 7) is 4.37. The molecule has 1 aromatic rings. The number of β-amino-alcohol motifs (C(OH)–C–C–N with tert-alkyl or cyclic N) is 2. The van der Waals surface area contributed by atoms with E-state index in [2.05, 4.69) is 4.90 Å². The van der Waals surface area contributed by atoms with Gasteiger partial charge in [0.15, 0.2) is 0 Å². The molecule has 1 saturated heterocycles. The van der Waals surface area contributed by atoms with Crippen LogP contribution in [0.4, 0.5) is 0 Å². The average Bonchev–Trinajstić information content (AvgIpc) is 2.45. The van der Waals surface area contributed by atoms with E-state index in [4.69, 9.17) is 16.3 Å². The fourth-order valence-electron chi connectivity index (χ4n) is 2.63. The Morgan fingerprint density at radius 2 is 2.10 bits per heavy atom. The van der Waals surface area contributed by atoms with Crippen molar-refractivity contribution in [3.05, 3.63) is 34.9 Å². The quantitative estimate of drug-likeness (QED) is 0.845. The standard InChI is InChI=1S/C16H24ClNO3/c1-12(13-4-6-14(17)7-5-13)21-11-16(20)10-18-8-2-3-15(19)9-18/h4-7,12,15-16,19-20H,2-3,8-11H2,1H3/t12-,15-,16-/m0/s1. The summed E-state index contributed by atoms with van der Waals surface area (Å²) in [7, 11) is 0. The number of hydrogen-bond donors (Lipinski definition) is 2. The maximum absolute atomic E-state index is 10.1. The van der Waals surface area contributed by atoms with Crippen LogP contribution in [0.3, 0.4) is 0 Å². The zero-order valence-electron chi connectivity index (χ0n) is 12.4. The van der Waals surface area contributed by atoms with Gasteiger partial charge in [-0.05, 0) is 44.0 Å². The lowest BCUT2D eigenvalue weighted by atomic mass is 10.1. The van der Waals surface area contributed by atoms with E-state index in [0.717, 1.165) is 24.9 Å².